The highest BCUT2D eigenvalue weighted by Crippen LogP contribution is 2.17. The number of carbonyl (C=O) groups is 4. The summed E-state index contributed by atoms with van der Waals surface area (Å²) < 4.78 is 5.34. The molecule has 0 bridgehead atoms. The minimum absolute atomic E-state index is 0.120. The first-order valence-corrected chi connectivity index (χ1v) is 11.8. The standard InChI is InChI=1S/C14H25N3O4.C6H14N2O.C3H8/c1-3-6-10(12(18)13(15)19)16-14(20)11-7-5-8-17(11)9-21-4-2;1-6(2,3)4-8-5(7)9;1-3-2/h10-11H,3-9H2,1-2H3,(H2,15,19)(H,16,20);4H2,1-3H3,(H3,7,8,9);3H2,1-2H3/t10?,11-;;/m0../s1. The fourth-order valence-corrected chi connectivity index (χ4v) is 2.84. The van der Waals surface area contributed by atoms with E-state index >= 15 is 0 Å². The number of Topliss-reactive ketones (excluding diaryl/α,β-unsaturated/α-hetero) is 1. The molecule has 1 heterocycles. The molecule has 0 aliphatic carbocycles. The maximum absolute atomic E-state index is 12.3. The first-order chi connectivity index (χ1) is 15.3. The molecule has 1 fully saturated rings. The van der Waals surface area contributed by atoms with Gasteiger partial charge in [-0.2, -0.15) is 0 Å². The van der Waals surface area contributed by atoms with Crippen LogP contribution in [0.15, 0.2) is 0 Å². The van der Waals surface area contributed by atoms with Crippen LogP contribution in [0, 0.1) is 5.41 Å². The summed E-state index contributed by atoms with van der Waals surface area (Å²) in [6, 6.07) is -1.59. The maximum atomic E-state index is 12.3. The largest absolute Gasteiger partial charge is 0.366 e. The van der Waals surface area contributed by atoms with Crippen molar-refractivity contribution in [3.8, 4) is 0 Å². The Morgan fingerprint density at radius 2 is 1.67 bits per heavy atom. The van der Waals surface area contributed by atoms with E-state index in [2.05, 4.69) is 24.5 Å². The summed E-state index contributed by atoms with van der Waals surface area (Å²) in [5.74, 6) is -1.98. The molecule has 0 aromatic carbocycles. The number of hydrogen-bond donors (Lipinski definition) is 4. The van der Waals surface area contributed by atoms with Crippen LogP contribution < -0.4 is 22.1 Å². The van der Waals surface area contributed by atoms with Crippen molar-refractivity contribution in [2.75, 3.05) is 26.4 Å². The molecule has 0 spiro atoms. The number of carbonyl (C=O) groups excluding carboxylic acids is 4. The maximum Gasteiger partial charge on any atom is 0.312 e. The minimum atomic E-state index is -1.01. The van der Waals surface area contributed by atoms with Crippen LogP contribution in [0.4, 0.5) is 4.79 Å². The first-order valence-electron chi connectivity index (χ1n) is 11.8. The Morgan fingerprint density at radius 1 is 1.09 bits per heavy atom. The van der Waals surface area contributed by atoms with E-state index in [0.29, 0.717) is 32.7 Å². The van der Waals surface area contributed by atoms with E-state index < -0.39 is 23.8 Å². The average molecular weight is 474 g/mol. The van der Waals surface area contributed by atoms with Gasteiger partial charge >= 0.3 is 6.03 Å². The van der Waals surface area contributed by atoms with Gasteiger partial charge in [-0.15, -0.1) is 0 Å². The molecule has 0 saturated carbocycles. The van der Waals surface area contributed by atoms with Gasteiger partial charge in [0.05, 0.1) is 18.8 Å². The quantitative estimate of drug-likeness (QED) is 0.355. The highest BCUT2D eigenvalue weighted by molar-refractivity contribution is 6.37. The zero-order chi connectivity index (χ0) is 26.0. The van der Waals surface area contributed by atoms with Gasteiger partial charge in [-0.25, -0.2) is 4.79 Å². The lowest BCUT2D eigenvalue weighted by Crippen LogP contribution is -2.52. The number of likely N-dealkylation sites (tertiary alicyclic amines) is 1. The van der Waals surface area contributed by atoms with Crippen LogP contribution >= 0.6 is 0 Å². The van der Waals surface area contributed by atoms with E-state index in [9.17, 15) is 19.2 Å². The van der Waals surface area contributed by atoms with E-state index in [1.807, 2.05) is 39.5 Å². The normalized spacial score (nSPS) is 16.4. The topological polar surface area (TPSA) is 157 Å². The lowest BCUT2D eigenvalue weighted by molar-refractivity contribution is -0.139. The molecule has 1 saturated heterocycles. The molecule has 194 valence electrons. The summed E-state index contributed by atoms with van der Waals surface area (Å²) in [4.78, 5) is 47.1. The van der Waals surface area contributed by atoms with Crippen LogP contribution in [0.1, 0.15) is 80.6 Å². The summed E-state index contributed by atoms with van der Waals surface area (Å²) in [7, 11) is 0. The predicted octanol–water partition coefficient (Wildman–Crippen LogP) is 1.90. The lowest BCUT2D eigenvalue weighted by atomic mass is 9.97. The zero-order valence-electron chi connectivity index (χ0n) is 21.7. The highest BCUT2D eigenvalue weighted by Gasteiger charge is 2.33. The Hall–Kier alpha value is -2.20. The summed E-state index contributed by atoms with van der Waals surface area (Å²) in [6.07, 6.45) is 3.97. The smallest absolute Gasteiger partial charge is 0.312 e. The molecule has 1 aliphatic rings. The van der Waals surface area contributed by atoms with Crippen molar-refractivity contribution in [2.45, 2.75) is 92.7 Å². The van der Waals surface area contributed by atoms with Gasteiger partial charge in [0.25, 0.3) is 5.91 Å². The fourth-order valence-electron chi connectivity index (χ4n) is 2.84. The van der Waals surface area contributed by atoms with E-state index in [1.165, 1.54) is 6.42 Å². The van der Waals surface area contributed by atoms with Gasteiger partial charge in [0.2, 0.25) is 11.7 Å². The van der Waals surface area contributed by atoms with Gasteiger partial charge in [-0.1, -0.05) is 54.4 Å². The number of urea groups is 1. The van der Waals surface area contributed by atoms with Gasteiger partial charge in [0.15, 0.2) is 0 Å². The van der Waals surface area contributed by atoms with E-state index in [4.69, 9.17) is 16.2 Å². The van der Waals surface area contributed by atoms with Crippen molar-refractivity contribution in [3.63, 3.8) is 0 Å². The van der Waals surface area contributed by atoms with E-state index in [0.717, 1.165) is 19.4 Å². The lowest BCUT2D eigenvalue weighted by Gasteiger charge is -2.25. The molecule has 6 N–H and O–H groups in total. The number of primary amides is 2. The van der Waals surface area contributed by atoms with Gasteiger partial charge in [-0.05, 0) is 31.6 Å². The SMILES string of the molecule is CC(C)(C)CNC(N)=O.CCC.CCCC(NC(=O)[C@@H]1CCCN1COCC)C(=O)C(N)=O. The molecule has 0 radical (unpaired) electrons. The number of ketones is 1. The molecule has 1 rings (SSSR count). The van der Waals surface area contributed by atoms with E-state index in [-0.39, 0.29) is 17.4 Å². The summed E-state index contributed by atoms with van der Waals surface area (Å²) in [5.41, 5.74) is 9.99. The van der Waals surface area contributed by atoms with Crippen molar-refractivity contribution >= 4 is 23.6 Å². The average Bonchev–Trinajstić information content (AvgIpc) is 3.19. The molecule has 10 heteroatoms. The third-order valence-electron chi connectivity index (χ3n) is 4.37. The third kappa shape index (κ3) is 17.0. The van der Waals surface area contributed by atoms with Crippen LogP contribution in [0.25, 0.3) is 0 Å². The molecule has 0 aromatic rings. The second kappa shape index (κ2) is 18.3. The number of hydrogen-bond acceptors (Lipinski definition) is 6. The summed E-state index contributed by atoms with van der Waals surface area (Å²) >= 11 is 0. The third-order valence-corrected chi connectivity index (χ3v) is 4.37. The number of rotatable bonds is 10. The van der Waals surface area contributed by atoms with E-state index in [1.54, 1.807) is 0 Å². The molecule has 10 nitrogen and oxygen atoms in total. The van der Waals surface area contributed by atoms with Crippen molar-refractivity contribution in [2.24, 2.45) is 16.9 Å². The number of nitrogens with zero attached hydrogens (tertiary/aromatic N) is 1. The minimum Gasteiger partial charge on any atom is -0.366 e. The van der Waals surface area contributed by atoms with Crippen LogP contribution in [-0.4, -0.2) is 67.0 Å². The molecule has 2 atom stereocenters. The molecule has 33 heavy (non-hydrogen) atoms. The van der Waals surface area contributed by atoms with Crippen molar-refractivity contribution < 1.29 is 23.9 Å². The summed E-state index contributed by atoms with van der Waals surface area (Å²) in [5, 5.41) is 5.19. The number of nitrogens with one attached hydrogen (secondary N) is 2. The molecular weight excluding hydrogens is 426 g/mol. The Balaban J connectivity index is 0. The van der Waals surface area contributed by atoms with Crippen LogP contribution in [-0.2, 0) is 19.1 Å². The van der Waals surface area contributed by atoms with Gasteiger partial charge < -0.3 is 26.8 Å². The number of nitrogens with two attached hydrogens (primary N) is 2. The van der Waals surface area contributed by atoms with Crippen LogP contribution in [0.5, 0.6) is 0 Å². The molecular formula is C23H47N5O5. The fraction of sp³-hybridized carbons (Fsp3) is 0.826. The second-order valence-corrected chi connectivity index (χ2v) is 9.16. The van der Waals surface area contributed by atoms with Gasteiger partial charge in [0.1, 0.15) is 0 Å². The molecule has 4 amide bonds. The monoisotopic (exact) mass is 473 g/mol. The molecule has 1 aliphatic heterocycles. The van der Waals surface area contributed by atoms with Crippen LogP contribution in [0.2, 0.25) is 0 Å². The Bertz CT molecular complexity index is 592. The number of amides is 4. The van der Waals surface area contributed by atoms with Crippen molar-refractivity contribution in [1.82, 2.24) is 15.5 Å². The first kappa shape index (κ1) is 33.0. The Morgan fingerprint density at radius 3 is 2.06 bits per heavy atom. The summed E-state index contributed by atoms with van der Waals surface area (Å²) in [6.45, 7) is 16.5. The van der Waals surface area contributed by atoms with Crippen molar-refractivity contribution in [1.29, 1.82) is 0 Å². The second-order valence-electron chi connectivity index (χ2n) is 9.16. The zero-order valence-corrected chi connectivity index (χ0v) is 21.7. The Labute approximate surface area is 199 Å². The molecule has 0 aromatic heterocycles. The Kier molecular flexibility index (Phi) is 18.2. The van der Waals surface area contributed by atoms with Gasteiger partial charge in [0, 0.05) is 19.7 Å². The van der Waals surface area contributed by atoms with Gasteiger partial charge in [-0.3, -0.25) is 19.3 Å². The highest BCUT2D eigenvalue weighted by atomic mass is 16.5. The molecule has 1 unspecified atom stereocenters. The van der Waals surface area contributed by atoms with Crippen molar-refractivity contribution in [3.05, 3.63) is 0 Å². The predicted molar refractivity (Wildman–Crippen MR) is 130 cm³/mol. The number of ether oxygens (including phenoxy) is 1. The van der Waals surface area contributed by atoms with Crippen LogP contribution in [0.3, 0.4) is 0 Å².